The first-order valence-corrected chi connectivity index (χ1v) is 12.1. The van der Waals surface area contributed by atoms with Crippen molar-refractivity contribution in [1.29, 1.82) is 0 Å². The second-order valence-electron chi connectivity index (χ2n) is 8.41. The van der Waals surface area contributed by atoms with Crippen LogP contribution in [0.2, 0.25) is 0 Å². The highest BCUT2D eigenvalue weighted by Crippen LogP contribution is 2.42. The fourth-order valence-electron chi connectivity index (χ4n) is 4.61. The third-order valence-corrected chi connectivity index (χ3v) is 6.53. The first-order chi connectivity index (χ1) is 17.8. The summed E-state index contributed by atoms with van der Waals surface area (Å²) < 4.78 is 8.18. The Morgan fingerprint density at radius 1 is 0.722 bits per heavy atom. The molecule has 0 saturated carbocycles. The van der Waals surface area contributed by atoms with Crippen LogP contribution in [0, 0.1) is 0 Å². The maximum atomic E-state index is 6.00. The van der Waals surface area contributed by atoms with Gasteiger partial charge in [0.2, 0.25) is 0 Å². The summed E-state index contributed by atoms with van der Waals surface area (Å²) in [7, 11) is 0. The fourth-order valence-corrected chi connectivity index (χ4v) is 4.95. The molecule has 0 amide bonds. The molecule has 5 aromatic rings. The highest BCUT2D eigenvalue weighted by Gasteiger charge is 2.42. The number of benzene rings is 2. The number of pyridine rings is 2. The lowest BCUT2D eigenvalue weighted by atomic mass is 10.0. The number of nitrogens with zero attached hydrogens (tertiary/aromatic N) is 4. The minimum Gasteiger partial charge on any atom is -0.457 e. The Kier molecular flexibility index (Phi) is 5.89. The van der Waals surface area contributed by atoms with Crippen LogP contribution >= 0.6 is 12.2 Å². The average molecular weight is 490 g/mol. The van der Waals surface area contributed by atoms with E-state index in [9.17, 15) is 0 Å². The molecule has 0 aliphatic carbocycles. The number of aromatic nitrogens is 3. The number of anilines is 1. The van der Waals surface area contributed by atoms with Gasteiger partial charge in [-0.05, 0) is 85.0 Å². The smallest absolute Gasteiger partial charge is 0.174 e. The van der Waals surface area contributed by atoms with Gasteiger partial charge in [-0.3, -0.25) is 9.97 Å². The van der Waals surface area contributed by atoms with Crippen LogP contribution in [0.25, 0.3) is 5.69 Å². The zero-order valence-electron chi connectivity index (χ0n) is 19.3. The van der Waals surface area contributed by atoms with Crippen molar-refractivity contribution in [2.45, 2.75) is 12.1 Å². The third-order valence-electron chi connectivity index (χ3n) is 6.22. The predicted molar refractivity (Wildman–Crippen MR) is 144 cm³/mol. The Hall–Kier alpha value is -4.49. The van der Waals surface area contributed by atoms with Gasteiger partial charge in [0, 0.05) is 41.9 Å². The molecule has 36 heavy (non-hydrogen) atoms. The van der Waals surface area contributed by atoms with Crippen LogP contribution in [0.1, 0.15) is 23.5 Å². The van der Waals surface area contributed by atoms with E-state index >= 15 is 0 Å². The molecular formula is C29H23N5OS. The standard InChI is InChI=1S/C29H23N5OS/c36-29-32-27(25-9-4-5-17-31-25)28(26-10-6-20-33(26)21-15-18-30-19-16-21)34(29)22-11-13-24(14-12-22)35-23-7-2-1-3-8-23/h1-20,27-28H,(H,32,36)/t27-,28+/m0/s1. The van der Waals surface area contributed by atoms with Gasteiger partial charge in [0.25, 0.3) is 0 Å². The molecule has 6 nitrogen and oxygen atoms in total. The minimum absolute atomic E-state index is 0.128. The lowest BCUT2D eigenvalue weighted by Crippen LogP contribution is -2.30. The van der Waals surface area contributed by atoms with Crippen LogP contribution in [-0.2, 0) is 0 Å². The van der Waals surface area contributed by atoms with E-state index in [-0.39, 0.29) is 12.1 Å². The first-order valence-electron chi connectivity index (χ1n) is 11.7. The zero-order valence-corrected chi connectivity index (χ0v) is 20.1. The van der Waals surface area contributed by atoms with Gasteiger partial charge >= 0.3 is 0 Å². The van der Waals surface area contributed by atoms with E-state index in [2.05, 4.69) is 43.1 Å². The maximum Gasteiger partial charge on any atom is 0.174 e. The number of para-hydroxylation sites is 1. The van der Waals surface area contributed by atoms with E-state index in [1.165, 1.54) is 0 Å². The monoisotopic (exact) mass is 489 g/mol. The summed E-state index contributed by atoms with van der Waals surface area (Å²) in [5.41, 5.74) is 4.03. The molecule has 1 saturated heterocycles. The van der Waals surface area contributed by atoms with E-state index < -0.39 is 0 Å². The van der Waals surface area contributed by atoms with E-state index in [0.29, 0.717) is 5.11 Å². The van der Waals surface area contributed by atoms with Crippen molar-refractivity contribution in [3.05, 3.63) is 133 Å². The summed E-state index contributed by atoms with van der Waals surface area (Å²) in [4.78, 5) is 11.0. The predicted octanol–water partition coefficient (Wildman–Crippen LogP) is 6.24. The highest BCUT2D eigenvalue weighted by molar-refractivity contribution is 7.80. The molecule has 0 bridgehead atoms. The summed E-state index contributed by atoms with van der Waals surface area (Å²) in [6.45, 7) is 0. The van der Waals surface area contributed by atoms with Crippen LogP contribution in [-0.4, -0.2) is 19.6 Å². The van der Waals surface area contributed by atoms with Gasteiger partial charge in [-0.25, -0.2) is 0 Å². The van der Waals surface area contributed by atoms with Crippen LogP contribution in [0.3, 0.4) is 0 Å². The molecule has 6 rings (SSSR count). The molecule has 2 atom stereocenters. The average Bonchev–Trinajstić information content (AvgIpc) is 3.55. The van der Waals surface area contributed by atoms with Crippen molar-refractivity contribution in [2.24, 2.45) is 0 Å². The van der Waals surface area contributed by atoms with Gasteiger partial charge < -0.3 is 19.5 Å². The topological polar surface area (TPSA) is 55.2 Å². The fraction of sp³-hybridized carbons (Fsp3) is 0.0690. The van der Waals surface area contributed by atoms with Crippen LogP contribution < -0.4 is 15.0 Å². The molecule has 176 valence electrons. The molecule has 1 N–H and O–H groups in total. The minimum atomic E-state index is -0.130. The quantitative estimate of drug-likeness (QED) is 0.285. The van der Waals surface area contributed by atoms with E-state index in [1.807, 2.05) is 91.1 Å². The lowest BCUT2D eigenvalue weighted by molar-refractivity contribution is 0.482. The number of nitrogens with one attached hydrogen (secondary N) is 1. The number of thiocarbonyl (C=S) groups is 1. The number of ether oxygens (including phenoxy) is 1. The summed E-state index contributed by atoms with van der Waals surface area (Å²) in [5.74, 6) is 1.56. The second-order valence-corrected chi connectivity index (χ2v) is 8.80. The normalized spacial score (nSPS) is 17.1. The Morgan fingerprint density at radius 3 is 2.22 bits per heavy atom. The maximum absolute atomic E-state index is 6.00. The van der Waals surface area contributed by atoms with Crippen molar-refractivity contribution in [1.82, 2.24) is 19.9 Å². The molecule has 1 fully saturated rings. The highest BCUT2D eigenvalue weighted by atomic mass is 32.1. The largest absolute Gasteiger partial charge is 0.457 e. The van der Waals surface area contributed by atoms with Gasteiger partial charge in [0.05, 0.1) is 11.7 Å². The Labute approximate surface area is 214 Å². The van der Waals surface area contributed by atoms with Crippen molar-refractivity contribution < 1.29 is 4.74 Å². The summed E-state index contributed by atoms with van der Waals surface area (Å²) >= 11 is 5.88. The van der Waals surface area contributed by atoms with Crippen LogP contribution in [0.5, 0.6) is 11.5 Å². The lowest BCUT2D eigenvalue weighted by Gasteiger charge is -2.29. The SMILES string of the molecule is S=C1N[C@@H](c2ccccn2)[C@@H](c2cccn2-c2ccncc2)N1c1ccc(Oc2ccccc2)cc1. The summed E-state index contributed by atoms with van der Waals surface area (Å²) in [6.07, 6.45) is 7.49. The molecular weight excluding hydrogens is 466 g/mol. The molecule has 2 aromatic carbocycles. The van der Waals surface area contributed by atoms with Gasteiger partial charge in [0.1, 0.15) is 17.5 Å². The van der Waals surface area contributed by atoms with Crippen LogP contribution in [0.4, 0.5) is 5.69 Å². The van der Waals surface area contributed by atoms with E-state index in [1.54, 1.807) is 12.4 Å². The Morgan fingerprint density at radius 2 is 1.47 bits per heavy atom. The van der Waals surface area contributed by atoms with E-state index in [0.717, 1.165) is 34.3 Å². The van der Waals surface area contributed by atoms with Gasteiger partial charge in [0.15, 0.2) is 5.11 Å². The summed E-state index contributed by atoms with van der Waals surface area (Å²) in [5, 5.41) is 4.18. The van der Waals surface area contributed by atoms with Gasteiger partial charge in [-0.1, -0.05) is 24.3 Å². The number of hydrogen-bond acceptors (Lipinski definition) is 4. The molecule has 1 aliphatic heterocycles. The van der Waals surface area contributed by atoms with Crippen molar-refractivity contribution in [3.63, 3.8) is 0 Å². The molecule has 3 aromatic heterocycles. The van der Waals surface area contributed by atoms with Gasteiger partial charge in [-0.15, -0.1) is 0 Å². The Bertz CT molecular complexity index is 1460. The number of hydrogen-bond donors (Lipinski definition) is 1. The molecule has 0 spiro atoms. The van der Waals surface area contributed by atoms with E-state index in [4.69, 9.17) is 17.0 Å². The molecule has 7 heteroatoms. The first kappa shape index (κ1) is 22.0. The zero-order chi connectivity index (χ0) is 24.3. The third kappa shape index (κ3) is 4.21. The van der Waals surface area contributed by atoms with Gasteiger partial charge in [-0.2, -0.15) is 0 Å². The molecule has 0 unspecified atom stereocenters. The summed E-state index contributed by atoms with van der Waals surface area (Å²) in [6, 6.07) is 31.7. The molecule has 0 radical (unpaired) electrons. The molecule has 4 heterocycles. The Balaban J connectivity index is 1.40. The van der Waals surface area contributed by atoms with Crippen LogP contribution in [0.15, 0.2) is 122 Å². The number of rotatable bonds is 6. The second kappa shape index (κ2) is 9.64. The van der Waals surface area contributed by atoms with Crippen molar-refractivity contribution in [2.75, 3.05) is 4.90 Å². The van der Waals surface area contributed by atoms with Crippen molar-refractivity contribution >= 4 is 23.0 Å². The molecule has 1 aliphatic rings. The van der Waals surface area contributed by atoms with Crippen molar-refractivity contribution in [3.8, 4) is 17.2 Å².